The number of hydrogen-bond donors (Lipinski definition) is 2. The van der Waals surface area contributed by atoms with Crippen LogP contribution in [0.1, 0.15) is 11.1 Å². The summed E-state index contributed by atoms with van der Waals surface area (Å²) in [5.74, 6) is -4.54. The van der Waals surface area contributed by atoms with Gasteiger partial charge in [-0.3, -0.25) is 0 Å². The molecule has 0 heterocycles. The second-order valence-corrected chi connectivity index (χ2v) is 3.20. The summed E-state index contributed by atoms with van der Waals surface area (Å²) < 4.78 is 100. The summed E-state index contributed by atoms with van der Waals surface area (Å²) in [6, 6.07) is 0. The largest absolute Gasteiger partial charge is 0.419 e. The van der Waals surface area contributed by atoms with Gasteiger partial charge in [-0.05, 0) is 0 Å². The molecule has 0 spiro atoms. The van der Waals surface area contributed by atoms with Gasteiger partial charge in [0.15, 0.2) is 11.6 Å². The number of benzene rings is 1. The van der Waals surface area contributed by atoms with E-state index < -0.39 is 46.5 Å². The van der Waals surface area contributed by atoms with Crippen molar-refractivity contribution in [3.63, 3.8) is 0 Å². The first kappa shape index (κ1) is 14.3. The highest BCUT2D eigenvalue weighted by atomic mass is 19.4. The van der Waals surface area contributed by atoms with Gasteiger partial charge >= 0.3 is 12.4 Å². The van der Waals surface area contributed by atoms with Crippen LogP contribution in [0.3, 0.4) is 0 Å². The van der Waals surface area contributed by atoms with Crippen molar-refractivity contribution < 1.29 is 35.1 Å². The minimum atomic E-state index is -5.63. The highest BCUT2D eigenvalue weighted by Gasteiger charge is 2.48. The Morgan fingerprint density at radius 2 is 0.833 bits per heavy atom. The first-order valence-corrected chi connectivity index (χ1v) is 4.09. The fourth-order valence-electron chi connectivity index (χ4n) is 1.31. The first-order chi connectivity index (χ1) is 7.89. The Bertz CT molecular complexity index is 443. The molecule has 2 nitrogen and oxygen atoms in total. The normalized spacial score (nSPS) is 12.9. The number of nitrogens with two attached hydrogens (primary N) is 2. The van der Waals surface area contributed by atoms with Crippen molar-refractivity contribution in [3.8, 4) is 0 Å². The fraction of sp³-hybridized carbons (Fsp3) is 0.250. The lowest BCUT2D eigenvalue weighted by atomic mass is 10.0. The zero-order valence-corrected chi connectivity index (χ0v) is 8.18. The molecule has 0 radical (unpaired) electrons. The van der Waals surface area contributed by atoms with Crippen LogP contribution < -0.4 is 11.5 Å². The Hall–Kier alpha value is -1.74. The van der Waals surface area contributed by atoms with E-state index in [1.165, 1.54) is 0 Å². The highest BCUT2D eigenvalue weighted by Crippen LogP contribution is 2.47. The van der Waals surface area contributed by atoms with Crippen molar-refractivity contribution in [1.82, 2.24) is 0 Å². The molecule has 1 aromatic rings. The Morgan fingerprint density at radius 1 is 0.611 bits per heavy atom. The third kappa shape index (κ3) is 2.14. The molecule has 0 saturated heterocycles. The number of halogens is 8. The van der Waals surface area contributed by atoms with E-state index in [-0.39, 0.29) is 0 Å². The van der Waals surface area contributed by atoms with E-state index in [9.17, 15) is 35.1 Å². The molecule has 0 aliphatic heterocycles. The van der Waals surface area contributed by atoms with Crippen LogP contribution >= 0.6 is 0 Å². The SMILES string of the molecule is Nc1c(F)c(F)c(N)c(C(F)(F)F)c1C(F)(F)F. The van der Waals surface area contributed by atoms with E-state index in [1.54, 1.807) is 0 Å². The molecule has 0 unspecified atom stereocenters. The molecule has 0 fully saturated rings. The summed E-state index contributed by atoms with van der Waals surface area (Å²) >= 11 is 0. The maximum atomic E-state index is 12.9. The van der Waals surface area contributed by atoms with Crippen molar-refractivity contribution >= 4 is 11.4 Å². The lowest BCUT2D eigenvalue weighted by Gasteiger charge is -2.20. The molecule has 102 valence electrons. The van der Waals surface area contributed by atoms with Gasteiger partial charge in [-0.15, -0.1) is 0 Å². The monoisotopic (exact) mass is 280 g/mol. The van der Waals surface area contributed by atoms with E-state index >= 15 is 0 Å². The molecule has 1 aromatic carbocycles. The Balaban J connectivity index is 3.89. The van der Waals surface area contributed by atoms with Crippen LogP contribution in [0.15, 0.2) is 0 Å². The Morgan fingerprint density at radius 3 is 1.00 bits per heavy atom. The second kappa shape index (κ2) is 3.89. The van der Waals surface area contributed by atoms with E-state index in [2.05, 4.69) is 11.5 Å². The molecule has 0 aromatic heterocycles. The first-order valence-electron chi connectivity index (χ1n) is 4.09. The number of anilines is 2. The van der Waals surface area contributed by atoms with Crippen LogP contribution in [0.5, 0.6) is 0 Å². The van der Waals surface area contributed by atoms with Gasteiger partial charge in [0, 0.05) is 0 Å². The lowest BCUT2D eigenvalue weighted by molar-refractivity contribution is -0.161. The average molecular weight is 280 g/mol. The number of nitrogen functional groups attached to an aromatic ring is 2. The van der Waals surface area contributed by atoms with Crippen LogP contribution in [0, 0.1) is 11.6 Å². The van der Waals surface area contributed by atoms with Crippen molar-refractivity contribution in [3.05, 3.63) is 22.8 Å². The molecular weight excluding hydrogens is 276 g/mol. The van der Waals surface area contributed by atoms with Crippen LogP contribution in [0.25, 0.3) is 0 Å². The van der Waals surface area contributed by atoms with Gasteiger partial charge in [0.1, 0.15) is 0 Å². The van der Waals surface area contributed by atoms with Gasteiger partial charge in [-0.25, -0.2) is 8.78 Å². The van der Waals surface area contributed by atoms with Gasteiger partial charge in [-0.2, -0.15) is 26.3 Å². The zero-order chi connectivity index (χ0) is 14.5. The van der Waals surface area contributed by atoms with Crippen molar-refractivity contribution in [2.24, 2.45) is 0 Å². The van der Waals surface area contributed by atoms with Crippen LogP contribution in [0.2, 0.25) is 0 Å². The molecule has 0 atom stereocenters. The second-order valence-electron chi connectivity index (χ2n) is 3.20. The van der Waals surface area contributed by atoms with E-state index in [4.69, 9.17) is 0 Å². The van der Waals surface area contributed by atoms with E-state index in [0.29, 0.717) is 0 Å². The highest BCUT2D eigenvalue weighted by molar-refractivity contribution is 5.66. The fourth-order valence-corrected chi connectivity index (χ4v) is 1.31. The predicted molar refractivity (Wildman–Crippen MR) is 45.2 cm³/mol. The van der Waals surface area contributed by atoms with Gasteiger partial charge < -0.3 is 11.5 Å². The van der Waals surface area contributed by atoms with Crippen LogP contribution in [0.4, 0.5) is 46.5 Å². The quantitative estimate of drug-likeness (QED) is 0.566. The maximum Gasteiger partial charge on any atom is 0.419 e. The van der Waals surface area contributed by atoms with Crippen LogP contribution in [-0.2, 0) is 12.4 Å². The van der Waals surface area contributed by atoms with E-state index in [1.807, 2.05) is 0 Å². The summed E-state index contributed by atoms with van der Waals surface area (Å²) in [7, 11) is 0. The number of alkyl halides is 6. The molecule has 10 heteroatoms. The molecule has 0 aliphatic rings. The zero-order valence-electron chi connectivity index (χ0n) is 8.18. The average Bonchev–Trinajstić information content (AvgIpc) is 2.16. The van der Waals surface area contributed by atoms with Gasteiger partial charge in [0.05, 0.1) is 22.5 Å². The molecule has 0 amide bonds. The third-order valence-electron chi connectivity index (χ3n) is 2.02. The number of rotatable bonds is 0. The molecular formula is C8H4F8N2. The standard InChI is InChI=1S/C8H4F8N2/c9-3-4(10)6(18)2(8(14,15)16)1(5(3)17)7(11,12)13/h17-18H2. The summed E-state index contributed by atoms with van der Waals surface area (Å²) in [5, 5.41) is 0. The maximum absolute atomic E-state index is 12.9. The van der Waals surface area contributed by atoms with Crippen molar-refractivity contribution in [1.29, 1.82) is 0 Å². The molecule has 18 heavy (non-hydrogen) atoms. The molecule has 1 rings (SSSR count). The van der Waals surface area contributed by atoms with Crippen molar-refractivity contribution in [2.75, 3.05) is 11.5 Å². The molecule has 4 N–H and O–H groups in total. The molecule has 0 bridgehead atoms. The number of hydrogen-bond acceptors (Lipinski definition) is 2. The molecule has 0 saturated carbocycles. The lowest BCUT2D eigenvalue weighted by Crippen LogP contribution is -2.23. The summed E-state index contributed by atoms with van der Waals surface area (Å²) in [5.41, 5.74) is 0.0499. The Labute approximate surface area is 94.2 Å². The van der Waals surface area contributed by atoms with Crippen LogP contribution in [-0.4, -0.2) is 0 Å². The van der Waals surface area contributed by atoms with Gasteiger partial charge in [-0.1, -0.05) is 0 Å². The molecule has 0 aliphatic carbocycles. The predicted octanol–water partition coefficient (Wildman–Crippen LogP) is 3.17. The Kier molecular flexibility index (Phi) is 3.09. The summed E-state index contributed by atoms with van der Waals surface area (Å²) in [6.45, 7) is 0. The third-order valence-corrected chi connectivity index (χ3v) is 2.02. The summed E-state index contributed by atoms with van der Waals surface area (Å²) in [4.78, 5) is 0. The minimum absolute atomic E-state index is 1.98. The van der Waals surface area contributed by atoms with Gasteiger partial charge in [0.25, 0.3) is 0 Å². The van der Waals surface area contributed by atoms with Crippen molar-refractivity contribution in [2.45, 2.75) is 12.4 Å². The van der Waals surface area contributed by atoms with E-state index in [0.717, 1.165) is 0 Å². The minimum Gasteiger partial charge on any atom is -0.396 e. The van der Waals surface area contributed by atoms with Gasteiger partial charge in [0.2, 0.25) is 0 Å². The smallest absolute Gasteiger partial charge is 0.396 e. The summed E-state index contributed by atoms with van der Waals surface area (Å²) in [6.07, 6.45) is -11.3. The topological polar surface area (TPSA) is 52.0 Å².